The van der Waals surface area contributed by atoms with Crippen molar-refractivity contribution >= 4 is 23.6 Å². The van der Waals surface area contributed by atoms with Crippen molar-refractivity contribution in [2.24, 2.45) is 11.5 Å². The van der Waals surface area contributed by atoms with Crippen LogP contribution in [0.25, 0.3) is 0 Å². The molecule has 2 rings (SSSR count). The lowest BCUT2D eigenvalue weighted by Gasteiger charge is -2.10. The van der Waals surface area contributed by atoms with Crippen molar-refractivity contribution in [2.45, 2.75) is 50.9 Å². The maximum Gasteiger partial charge on any atom is 0.490 e. The van der Waals surface area contributed by atoms with Crippen LogP contribution in [0.3, 0.4) is 0 Å². The van der Waals surface area contributed by atoms with E-state index in [1.807, 2.05) is 48.5 Å². The second-order valence-corrected chi connectivity index (χ2v) is 8.06. The second-order valence-electron chi connectivity index (χ2n) is 8.06. The van der Waals surface area contributed by atoms with Crippen molar-refractivity contribution in [2.75, 3.05) is 6.79 Å². The lowest BCUT2D eigenvalue weighted by Crippen LogP contribution is -2.21. The number of hydrogen-bond acceptors (Lipinski definition) is 6. The number of amidine groups is 2. The quantitative estimate of drug-likeness (QED) is 0.0863. The van der Waals surface area contributed by atoms with Gasteiger partial charge in [-0.2, -0.15) is 26.3 Å². The number of carbonyl (C=O) groups is 2. The number of nitrogens with one attached hydrogen (secondary N) is 2. The number of nitrogens with two attached hydrogens (primary N) is 2. The number of carboxylic acids is 2. The molecule has 10 nitrogen and oxygen atoms in total. The Morgan fingerprint density at radius 3 is 1.15 bits per heavy atom. The molecule has 0 amide bonds. The Morgan fingerprint density at radius 1 is 0.659 bits per heavy atom. The summed E-state index contributed by atoms with van der Waals surface area (Å²) in [6, 6.07) is 15.8. The fraction of sp³-hybridized carbons (Fsp3) is 0.360. The van der Waals surface area contributed by atoms with Gasteiger partial charge in [-0.25, -0.2) is 9.59 Å². The summed E-state index contributed by atoms with van der Waals surface area (Å²) in [6.07, 6.45) is -5.36. The summed E-state index contributed by atoms with van der Waals surface area (Å²) in [4.78, 5) is 17.8. The fourth-order valence-corrected chi connectivity index (χ4v) is 2.64. The van der Waals surface area contributed by atoms with Crippen LogP contribution < -0.4 is 20.9 Å². The number of halogens is 6. The van der Waals surface area contributed by atoms with Crippen molar-refractivity contribution in [1.29, 1.82) is 10.8 Å². The summed E-state index contributed by atoms with van der Waals surface area (Å²) in [6.45, 7) is 0.146. The van der Waals surface area contributed by atoms with Crippen LogP contribution in [0.4, 0.5) is 26.3 Å². The zero-order chi connectivity index (χ0) is 31.6. The molecule has 8 N–H and O–H groups in total. The van der Waals surface area contributed by atoms with E-state index in [1.165, 1.54) is 11.1 Å². The zero-order valence-corrected chi connectivity index (χ0v) is 21.5. The summed E-state index contributed by atoms with van der Waals surface area (Å²) in [7, 11) is 0. The van der Waals surface area contributed by atoms with Crippen molar-refractivity contribution in [3.63, 3.8) is 0 Å². The van der Waals surface area contributed by atoms with Gasteiger partial charge in [0, 0.05) is 12.8 Å². The normalized spacial score (nSPS) is 10.7. The molecular weight excluding hydrogens is 566 g/mol. The maximum atomic E-state index is 10.6. The smallest absolute Gasteiger partial charge is 0.475 e. The van der Waals surface area contributed by atoms with Crippen LogP contribution in [0.15, 0.2) is 48.5 Å². The van der Waals surface area contributed by atoms with Crippen LogP contribution in [-0.4, -0.2) is 53.0 Å². The third kappa shape index (κ3) is 19.2. The molecule has 16 heteroatoms. The summed E-state index contributed by atoms with van der Waals surface area (Å²) in [5.74, 6) is -3.54. The predicted molar refractivity (Wildman–Crippen MR) is 136 cm³/mol. The number of hydrogen-bond donors (Lipinski definition) is 6. The summed E-state index contributed by atoms with van der Waals surface area (Å²) >= 11 is 0. The van der Waals surface area contributed by atoms with Crippen LogP contribution in [0.5, 0.6) is 11.5 Å². The molecule has 0 atom stereocenters. The Balaban J connectivity index is 0.000000941. The van der Waals surface area contributed by atoms with Crippen molar-refractivity contribution in [3.8, 4) is 11.5 Å². The summed E-state index contributed by atoms with van der Waals surface area (Å²) in [5.41, 5.74) is 13.1. The van der Waals surface area contributed by atoms with Gasteiger partial charge in [0.2, 0.25) is 6.79 Å². The number of rotatable bonds is 12. The summed E-state index contributed by atoms with van der Waals surface area (Å²) in [5, 5.41) is 28.7. The number of aliphatic carboxylic acids is 2. The van der Waals surface area contributed by atoms with E-state index in [4.69, 9.17) is 51.6 Å². The second kappa shape index (κ2) is 18.0. The van der Waals surface area contributed by atoms with E-state index in [0.717, 1.165) is 37.2 Å². The largest absolute Gasteiger partial charge is 0.490 e. The molecule has 0 unspecified atom stereocenters. The minimum absolute atomic E-state index is 0.146. The Hall–Kier alpha value is -4.50. The molecule has 0 saturated carbocycles. The topological polar surface area (TPSA) is 193 Å². The van der Waals surface area contributed by atoms with Crippen LogP contribution >= 0.6 is 0 Å². The van der Waals surface area contributed by atoms with Gasteiger partial charge in [0.15, 0.2) is 0 Å². The van der Waals surface area contributed by atoms with E-state index in [2.05, 4.69) is 0 Å². The minimum Gasteiger partial charge on any atom is -0.475 e. The molecule has 0 aliphatic carbocycles. The van der Waals surface area contributed by atoms with Gasteiger partial charge in [-0.1, -0.05) is 24.3 Å². The third-order valence-electron chi connectivity index (χ3n) is 4.61. The van der Waals surface area contributed by atoms with Gasteiger partial charge >= 0.3 is 24.3 Å². The standard InChI is InChI=1S/C21H28N4O2.2C2HF3O2/c22-20(23)5-1-3-16-7-11-18(12-8-16)26-15-27-19-13-9-17(10-14-19)4-2-6-21(24)25;2*3-2(4,5)1(6)7/h7-14H,1-6,15H2,(H3,22,23)(H3,24,25);2*(H,6,7). The molecule has 0 radical (unpaired) electrons. The number of ether oxygens (including phenoxy) is 2. The fourth-order valence-electron chi connectivity index (χ4n) is 2.64. The zero-order valence-electron chi connectivity index (χ0n) is 21.5. The van der Waals surface area contributed by atoms with Crippen LogP contribution in [0, 0.1) is 10.8 Å². The molecule has 2 aromatic carbocycles. The van der Waals surface area contributed by atoms with Gasteiger partial charge in [0.1, 0.15) is 11.5 Å². The lowest BCUT2D eigenvalue weighted by atomic mass is 10.1. The highest BCUT2D eigenvalue weighted by atomic mass is 19.4. The Bertz CT molecular complexity index is 1020. The Morgan fingerprint density at radius 2 is 0.927 bits per heavy atom. The van der Waals surface area contributed by atoms with E-state index >= 15 is 0 Å². The van der Waals surface area contributed by atoms with E-state index in [9.17, 15) is 26.3 Å². The van der Waals surface area contributed by atoms with Gasteiger partial charge < -0.3 is 31.2 Å². The molecule has 0 fully saturated rings. The summed E-state index contributed by atoms with van der Waals surface area (Å²) < 4.78 is 74.7. The predicted octanol–water partition coefficient (Wildman–Crippen LogP) is 4.89. The van der Waals surface area contributed by atoms with E-state index in [-0.39, 0.29) is 18.5 Å². The van der Waals surface area contributed by atoms with Crippen LogP contribution in [0.2, 0.25) is 0 Å². The van der Waals surface area contributed by atoms with E-state index in [0.29, 0.717) is 12.8 Å². The first kappa shape index (κ1) is 36.5. The SMILES string of the molecule is N=C(N)CCCc1ccc(OCOc2ccc(CCCC(=N)N)cc2)cc1.O=C(O)C(F)(F)F.O=C(O)C(F)(F)F. The molecule has 0 aromatic heterocycles. The molecule has 0 bridgehead atoms. The van der Waals surface area contributed by atoms with Gasteiger partial charge in [-0.3, -0.25) is 10.8 Å². The van der Waals surface area contributed by atoms with Gasteiger partial charge in [0.25, 0.3) is 0 Å². The average molecular weight is 597 g/mol. The van der Waals surface area contributed by atoms with Crippen LogP contribution in [-0.2, 0) is 22.4 Å². The highest BCUT2D eigenvalue weighted by Gasteiger charge is 2.38. The molecule has 0 aliphatic heterocycles. The molecule has 41 heavy (non-hydrogen) atoms. The number of carboxylic acid groups (broad SMARTS) is 2. The Labute approximate surface area is 230 Å². The monoisotopic (exact) mass is 596 g/mol. The maximum absolute atomic E-state index is 10.6. The highest BCUT2D eigenvalue weighted by molar-refractivity contribution is 5.77. The first-order chi connectivity index (χ1) is 18.9. The molecular formula is C25H30F6N4O6. The molecule has 0 aliphatic rings. The van der Waals surface area contributed by atoms with Crippen molar-refractivity contribution < 1.29 is 55.6 Å². The van der Waals surface area contributed by atoms with E-state index in [1.54, 1.807) is 0 Å². The van der Waals surface area contributed by atoms with Crippen LogP contribution in [0.1, 0.15) is 36.8 Å². The van der Waals surface area contributed by atoms with Gasteiger partial charge in [-0.15, -0.1) is 0 Å². The molecule has 2 aromatic rings. The first-order valence-corrected chi connectivity index (χ1v) is 11.6. The third-order valence-corrected chi connectivity index (χ3v) is 4.61. The van der Waals surface area contributed by atoms with Crippen molar-refractivity contribution in [3.05, 3.63) is 59.7 Å². The number of benzene rings is 2. The van der Waals surface area contributed by atoms with Gasteiger partial charge in [0.05, 0.1) is 11.7 Å². The Kier molecular flexibility index (Phi) is 16.0. The molecule has 0 spiro atoms. The first-order valence-electron chi connectivity index (χ1n) is 11.6. The van der Waals surface area contributed by atoms with Crippen molar-refractivity contribution in [1.82, 2.24) is 0 Å². The van der Waals surface area contributed by atoms with Gasteiger partial charge in [-0.05, 0) is 61.1 Å². The molecule has 0 heterocycles. The number of alkyl halides is 6. The minimum atomic E-state index is -5.08. The number of aryl methyl sites for hydroxylation is 2. The van der Waals surface area contributed by atoms with E-state index < -0.39 is 24.3 Å². The highest BCUT2D eigenvalue weighted by Crippen LogP contribution is 2.17. The molecule has 228 valence electrons. The lowest BCUT2D eigenvalue weighted by molar-refractivity contribution is -0.193. The average Bonchev–Trinajstić information content (AvgIpc) is 2.85. The molecule has 0 saturated heterocycles.